The van der Waals surface area contributed by atoms with E-state index in [4.69, 9.17) is 4.74 Å². The number of ether oxygens (including phenoxy) is 1. The maximum atomic E-state index is 10.9. The Morgan fingerprint density at radius 2 is 1.91 bits per heavy atom. The normalized spacial score (nSPS) is 37.6. The van der Waals surface area contributed by atoms with E-state index >= 15 is 0 Å². The minimum atomic E-state index is 0.0214. The Kier molecular flexibility index (Phi) is 1.84. The maximum absolute atomic E-state index is 10.9. The van der Waals surface area contributed by atoms with Crippen molar-refractivity contribution in [2.45, 2.75) is 32.1 Å². The molecule has 1 saturated carbocycles. The van der Waals surface area contributed by atoms with Crippen molar-refractivity contribution in [2.24, 2.45) is 11.8 Å². The van der Waals surface area contributed by atoms with Crippen LogP contribution in [0.25, 0.3) is 0 Å². The molecule has 0 aromatic heterocycles. The van der Waals surface area contributed by atoms with Gasteiger partial charge in [-0.15, -0.1) is 0 Å². The fraction of sp³-hybridized carbons (Fsp3) is 0.889. The molecule has 2 rings (SSSR count). The fourth-order valence-electron chi connectivity index (χ4n) is 2.25. The van der Waals surface area contributed by atoms with E-state index in [1.165, 1.54) is 25.7 Å². The molecule has 1 heterocycles. The van der Waals surface area contributed by atoms with E-state index in [0.717, 1.165) is 0 Å². The molecule has 2 nitrogen and oxygen atoms in total. The quantitative estimate of drug-likeness (QED) is 0.497. The molecule has 0 N–H and O–H groups in total. The highest BCUT2D eigenvalue weighted by Crippen LogP contribution is 2.35. The summed E-state index contributed by atoms with van der Waals surface area (Å²) < 4.78 is 5.01. The number of carbonyl (C=O) groups is 1. The van der Waals surface area contributed by atoms with E-state index in [9.17, 15) is 4.79 Å². The van der Waals surface area contributed by atoms with Crippen molar-refractivity contribution in [1.82, 2.24) is 0 Å². The Balaban J connectivity index is 1.98. The lowest BCUT2D eigenvalue weighted by atomic mass is 9.77. The van der Waals surface area contributed by atoms with E-state index in [1.807, 2.05) is 0 Å². The number of fused-ring (bicyclic) bond motifs is 1. The summed E-state index contributed by atoms with van der Waals surface area (Å²) in [5.74, 6) is 1.37. The van der Waals surface area contributed by atoms with Crippen LogP contribution in [0, 0.1) is 11.8 Å². The van der Waals surface area contributed by atoms with Gasteiger partial charge in [0.1, 0.15) is 0 Å². The molecule has 0 amide bonds. The molecule has 0 aromatic rings. The third-order valence-electron chi connectivity index (χ3n) is 2.95. The van der Waals surface area contributed by atoms with E-state index in [0.29, 0.717) is 24.9 Å². The van der Waals surface area contributed by atoms with Gasteiger partial charge >= 0.3 is 5.97 Å². The molecule has 1 saturated heterocycles. The molecule has 1 unspecified atom stereocenters. The third kappa shape index (κ3) is 1.39. The zero-order chi connectivity index (χ0) is 7.68. The molecule has 62 valence electrons. The van der Waals surface area contributed by atoms with Gasteiger partial charge < -0.3 is 4.74 Å². The minimum absolute atomic E-state index is 0.0214. The topological polar surface area (TPSA) is 26.3 Å². The smallest absolute Gasteiger partial charge is 0.306 e. The summed E-state index contributed by atoms with van der Waals surface area (Å²) >= 11 is 0. The van der Waals surface area contributed by atoms with Crippen LogP contribution in [-0.4, -0.2) is 12.6 Å². The van der Waals surface area contributed by atoms with Crippen LogP contribution in [0.5, 0.6) is 0 Å². The zero-order valence-corrected chi connectivity index (χ0v) is 6.71. The summed E-state index contributed by atoms with van der Waals surface area (Å²) in [6, 6.07) is 0. The number of cyclic esters (lactones) is 1. The zero-order valence-electron chi connectivity index (χ0n) is 6.71. The van der Waals surface area contributed by atoms with Crippen molar-refractivity contribution in [1.29, 1.82) is 0 Å². The largest absolute Gasteiger partial charge is 0.465 e. The Labute approximate surface area is 66.9 Å². The van der Waals surface area contributed by atoms with Crippen LogP contribution in [0.1, 0.15) is 32.1 Å². The van der Waals surface area contributed by atoms with Gasteiger partial charge in [-0.25, -0.2) is 0 Å². The van der Waals surface area contributed by atoms with Gasteiger partial charge in [0.25, 0.3) is 0 Å². The minimum Gasteiger partial charge on any atom is -0.465 e. The second-order valence-electron chi connectivity index (χ2n) is 3.69. The predicted octanol–water partition coefficient (Wildman–Crippen LogP) is 1.74. The summed E-state index contributed by atoms with van der Waals surface area (Å²) in [6.45, 7) is 0.698. The van der Waals surface area contributed by atoms with Crippen LogP contribution in [0.3, 0.4) is 0 Å². The molecule has 2 fully saturated rings. The van der Waals surface area contributed by atoms with Gasteiger partial charge in [0.2, 0.25) is 0 Å². The molecular weight excluding hydrogens is 140 g/mol. The van der Waals surface area contributed by atoms with Gasteiger partial charge in [-0.05, 0) is 24.7 Å². The molecule has 1 aliphatic carbocycles. The molecule has 0 aromatic carbocycles. The Morgan fingerprint density at radius 1 is 1.18 bits per heavy atom. The average Bonchev–Trinajstić information content (AvgIpc) is 2.04. The van der Waals surface area contributed by atoms with E-state index in [1.54, 1.807) is 0 Å². The number of esters is 1. The van der Waals surface area contributed by atoms with Crippen molar-refractivity contribution in [3.8, 4) is 0 Å². The van der Waals surface area contributed by atoms with Crippen molar-refractivity contribution in [3.05, 3.63) is 0 Å². The summed E-state index contributed by atoms with van der Waals surface area (Å²) in [5, 5.41) is 0. The lowest BCUT2D eigenvalue weighted by Crippen LogP contribution is -2.32. The van der Waals surface area contributed by atoms with E-state index in [-0.39, 0.29) is 5.97 Å². The van der Waals surface area contributed by atoms with Crippen molar-refractivity contribution < 1.29 is 9.53 Å². The summed E-state index contributed by atoms with van der Waals surface area (Å²) in [4.78, 5) is 10.9. The van der Waals surface area contributed by atoms with Gasteiger partial charge in [0, 0.05) is 6.42 Å². The first-order valence-corrected chi connectivity index (χ1v) is 4.52. The number of hydrogen-bond acceptors (Lipinski definition) is 2. The Hall–Kier alpha value is -0.530. The van der Waals surface area contributed by atoms with Gasteiger partial charge in [-0.1, -0.05) is 12.8 Å². The van der Waals surface area contributed by atoms with Crippen molar-refractivity contribution >= 4 is 5.97 Å². The summed E-state index contributed by atoms with van der Waals surface area (Å²) in [6.07, 6.45) is 5.86. The second kappa shape index (κ2) is 2.84. The van der Waals surface area contributed by atoms with Crippen LogP contribution < -0.4 is 0 Å². The van der Waals surface area contributed by atoms with Gasteiger partial charge in [0.15, 0.2) is 0 Å². The van der Waals surface area contributed by atoms with Gasteiger partial charge in [-0.3, -0.25) is 4.79 Å². The van der Waals surface area contributed by atoms with Crippen LogP contribution >= 0.6 is 0 Å². The first-order chi connectivity index (χ1) is 5.36. The van der Waals surface area contributed by atoms with Crippen LogP contribution in [0.4, 0.5) is 0 Å². The molecular formula is C9H14O2. The first kappa shape index (κ1) is 7.14. The lowest BCUT2D eigenvalue weighted by molar-refractivity contribution is -0.154. The molecule has 0 spiro atoms. The summed E-state index contributed by atoms with van der Waals surface area (Å²) in [7, 11) is 0. The monoisotopic (exact) mass is 154 g/mol. The molecule has 0 bridgehead atoms. The van der Waals surface area contributed by atoms with E-state index < -0.39 is 0 Å². The van der Waals surface area contributed by atoms with Crippen LogP contribution in [0.15, 0.2) is 0 Å². The lowest BCUT2D eigenvalue weighted by Gasteiger charge is -2.34. The number of carbonyl (C=O) groups excluding carboxylic acids is 1. The SMILES string of the molecule is O=C1CC2CCCC[C@H]2CO1. The van der Waals surface area contributed by atoms with Crippen LogP contribution in [-0.2, 0) is 9.53 Å². The second-order valence-corrected chi connectivity index (χ2v) is 3.69. The average molecular weight is 154 g/mol. The van der Waals surface area contributed by atoms with Gasteiger partial charge in [-0.2, -0.15) is 0 Å². The first-order valence-electron chi connectivity index (χ1n) is 4.52. The maximum Gasteiger partial charge on any atom is 0.306 e. The third-order valence-corrected chi connectivity index (χ3v) is 2.95. The summed E-state index contributed by atoms with van der Waals surface area (Å²) in [5.41, 5.74) is 0. The Morgan fingerprint density at radius 3 is 2.73 bits per heavy atom. The Bertz CT molecular complexity index is 165. The van der Waals surface area contributed by atoms with E-state index in [2.05, 4.69) is 0 Å². The molecule has 1 aliphatic heterocycles. The number of rotatable bonds is 0. The highest BCUT2D eigenvalue weighted by molar-refractivity contribution is 5.70. The highest BCUT2D eigenvalue weighted by Gasteiger charge is 2.32. The molecule has 2 atom stereocenters. The highest BCUT2D eigenvalue weighted by atomic mass is 16.5. The van der Waals surface area contributed by atoms with Crippen LogP contribution in [0.2, 0.25) is 0 Å². The van der Waals surface area contributed by atoms with Gasteiger partial charge in [0.05, 0.1) is 6.61 Å². The fourth-order valence-corrected chi connectivity index (χ4v) is 2.25. The predicted molar refractivity (Wildman–Crippen MR) is 41.0 cm³/mol. The molecule has 0 radical (unpaired) electrons. The van der Waals surface area contributed by atoms with Crippen molar-refractivity contribution in [2.75, 3.05) is 6.61 Å². The molecule has 11 heavy (non-hydrogen) atoms. The molecule has 2 aliphatic rings. The molecule has 2 heteroatoms. The standard InChI is InChI=1S/C9H14O2/c10-9-5-7-3-1-2-4-8(7)6-11-9/h7-8H,1-6H2/t7?,8-/m0/s1. The van der Waals surface area contributed by atoms with Crippen molar-refractivity contribution in [3.63, 3.8) is 0 Å². The number of hydrogen-bond donors (Lipinski definition) is 0.